The van der Waals surface area contributed by atoms with Crippen molar-refractivity contribution in [1.82, 2.24) is 4.90 Å². The standard InChI is InChI=1S/C13H16N2O4S/c1-15(9-4-5-20-7-9)13(19)14-8-2-3-11(16)10(6-8)12(17)18/h2-3,6,9,16H,4-5,7H2,1H3,(H,14,19)(H,17,18). The molecule has 1 fully saturated rings. The first-order valence-electron chi connectivity index (χ1n) is 6.17. The van der Waals surface area contributed by atoms with Gasteiger partial charge in [0.2, 0.25) is 0 Å². The Labute approximate surface area is 120 Å². The Morgan fingerprint density at radius 3 is 2.80 bits per heavy atom. The first-order chi connectivity index (χ1) is 9.49. The van der Waals surface area contributed by atoms with Crippen molar-refractivity contribution in [2.45, 2.75) is 12.5 Å². The van der Waals surface area contributed by atoms with Crippen LogP contribution in [-0.2, 0) is 0 Å². The predicted molar refractivity (Wildman–Crippen MR) is 77.6 cm³/mol. The number of phenols is 1. The third-order valence-electron chi connectivity index (χ3n) is 3.25. The first kappa shape index (κ1) is 14.5. The maximum Gasteiger partial charge on any atom is 0.339 e. The minimum Gasteiger partial charge on any atom is -0.507 e. The fraction of sp³-hybridized carbons (Fsp3) is 0.385. The van der Waals surface area contributed by atoms with Gasteiger partial charge in [0.05, 0.1) is 0 Å². The monoisotopic (exact) mass is 296 g/mol. The molecule has 2 rings (SSSR count). The van der Waals surface area contributed by atoms with Crippen molar-refractivity contribution in [3.05, 3.63) is 23.8 Å². The van der Waals surface area contributed by atoms with Crippen LogP contribution < -0.4 is 5.32 Å². The largest absolute Gasteiger partial charge is 0.507 e. The van der Waals surface area contributed by atoms with Crippen LogP contribution in [0.15, 0.2) is 18.2 Å². The molecular formula is C13H16N2O4S. The minimum atomic E-state index is -1.24. The lowest BCUT2D eigenvalue weighted by atomic mass is 10.2. The van der Waals surface area contributed by atoms with Crippen LogP contribution in [-0.4, -0.2) is 51.7 Å². The quantitative estimate of drug-likeness (QED) is 0.743. The van der Waals surface area contributed by atoms with Crippen LogP contribution in [0.3, 0.4) is 0 Å². The second kappa shape index (κ2) is 6.04. The molecule has 1 unspecified atom stereocenters. The average molecular weight is 296 g/mol. The van der Waals surface area contributed by atoms with E-state index in [0.717, 1.165) is 17.9 Å². The number of aromatic carboxylic acids is 1. The van der Waals surface area contributed by atoms with Crippen LogP contribution in [0.4, 0.5) is 10.5 Å². The molecule has 0 radical (unpaired) electrons. The summed E-state index contributed by atoms with van der Waals surface area (Å²) in [6.07, 6.45) is 0.963. The molecule has 0 saturated carbocycles. The molecule has 0 bridgehead atoms. The van der Waals surface area contributed by atoms with Gasteiger partial charge in [0.15, 0.2) is 0 Å². The molecule has 3 N–H and O–H groups in total. The topological polar surface area (TPSA) is 89.9 Å². The number of anilines is 1. The number of urea groups is 1. The lowest BCUT2D eigenvalue weighted by Gasteiger charge is -2.24. The van der Waals surface area contributed by atoms with Gasteiger partial charge in [-0.15, -0.1) is 0 Å². The number of carboxylic acid groups (broad SMARTS) is 1. The van der Waals surface area contributed by atoms with Crippen molar-refractivity contribution < 1.29 is 19.8 Å². The van der Waals surface area contributed by atoms with Gasteiger partial charge in [-0.05, 0) is 30.4 Å². The summed E-state index contributed by atoms with van der Waals surface area (Å²) in [6, 6.07) is 3.89. The molecule has 0 spiro atoms. The fourth-order valence-corrected chi connectivity index (χ4v) is 3.26. The Morgan fingerprint density at radius 2 is 2.20 bits per heavy atom. The number of carbonyl (C=O) groups is 2. The number of nitrogens with zero attached hydrogens (tertiary/aromatic N) is 1. The lowest BCUT2D eigenvalue weighted by molar-refractivity contribution is 0.0693. The van der Waals surface area contributed by atoms with E-state index in [4.69, 9.17) is 5.11 Å². The van der Waals surface area contributed by atoms with Crippen LogP contribution in [0.2, 0.25) is 0 Å². The van der Waals surface area contributed by atoms with E-state index in [1.807, 2.05) is 11.8 Å². The van der Waals surface area contributed by atoms with Crippen molar-refractivity contribution in [3.8, 4) is 5.75 Å². The Balaban J connectivity index is 2.07. The molecule has 20 heavy (non-hydrogen) atoms. The van der Waals surface area contributed by atoms with Gasteiger partial charge < -0.3 is 20.4 Å². The average Bonchev–Trinajstić information content (AvgIpc) is 2.93. The highest BCUT2D eigenvalue weighted by atomic mass is 32.2. The molecule has 0 aliphatic carbocycles. The summed E-state index contributed by atoms with van der Waals surface area (Å²) in [5.74, 6) is 0.403. The Kier molecular flexibility index (Phi) is 4.39. The number of amides is 2. The molecule has 6 nitrogen and oxygen atoms in total. The fourth-order valence-electron chi connectivity index (χ4n) is 1.99. The summed E-state index contributed by atoms with van der Waals surface area (Å²) in [7, 11) is 1.73. The molecule has 1 saturated heterocycles. The molecule has 7 heteroatoms. The summed E-state index contributed by atoms with van der Waals surface area (Å²) in [5, 5.41) is 21.0. The number of hydrogen-bond donors (Lipinski definition) is 3. The van der Waals surface area contributed by atoms with Crippen molar-refractivity contribution in [1.29, 1.82) is 0 Å². The van der Waals surface area contributed by atoms with Crippen molar-refractivity contribution in [2.75, 3.05) is 23.9 Å². The van der Waals surface area contributed by atoms with E-state index in [1.165, 1.54) is 18.2 Å². The van der Waals surface area contributed by atoms with Gasteiger partial charge >= 0.3 is 12.0 Å². The Hall–Kier alpha value is -1.89. The number of carboxylic acids is 1. The lowest BCUT2D eigenvalue weighted by Crippen LogP contribution is -2.39. The summed E-state index contributed by atoms with van der Waals surface area (Å²) in [5.41, 5.74) is 0.115. The second-order valence-corrected chi connectivity index (χ2v) is 5.75. The number of thioether (sulfide) groups is 1. The zero-order chi connectivity index (χ0) is 14.7. The summed E-state index contributed by atoms with van der Waals surface area (Å²) in [4.78, 5) is 24.6. The van der Waals surface area contributed by atoms with Gasteiger partial charge in [-0.1, -0.05) is 0 Å². The smallest absolute Gasteiger partial charge is 0.339 e. The zero-order valence-corrected chi connectivity index (χ0v) is 11.8. The highest BCUT2D eigenvalue weighted by Crippen LogP contribution is 2.24. The van der Waals surface area contributed by atoms with Crippen LogP contribution in [0.25, 0.3) is 0 Å². The van der Waals surface area contributed by atoms with Gasteiger partial charge in [0.25, 0.3) is 0 Å². The van der Waals surface area contributed by atoms with Gasteiger partial charge in [-0.2, -0.15) is 11.8 Å². The molecule has 1 aromatic rings. The zero-order valence-electron chi connectivity index (χ0n) is 11.0. The molecule has 2 amide bonds. The van der Waals surface area contributed by atoms with E-state index < -0.39 is 5.97 Å². The predicted octanol–water partition coefficient (Wildman–Crippen LogP) is 2.06. The van der Waals surface area contributed by atoms with Crippen molar-refractivity contribution >= 4 is 29.4 Å². The minimum absolute atomic E-state index is 0.205. The molecule has 1 aliphatic rings. The Bertz CT molecular complexity index is 529. The third-order valence-corrected chi connectivity index (χ3v) is 4.40. The van der Waals surface area contributed by atoms with Crippen LogP contribution in [0.1, 0.15) is 16.8 Å². The molecule has 1 aliphatic heterocycles. The second-order valence-electron chi connectivity index (χ2n) is 4.60. The highest BCUT2D eigenvalue weighted by Gasteiger charge is 2.24. The number of rotatable bonds is 3. The number of benzene rings is 1. The van der Waals surface area contributed by atoms with E-state index in [9.17, 15) is 14.7 Å². The molecule has 108 valence electrons. The summed E-state index contributed by atoms with van der Waals surface area (Å²) in [6.45, 7) is 0. The maximum atomic E-state index is 12.1. The van der Waals surface area contributed by atoms with Crippen LogP contribution >= 0.6 is 11.8 Å². The van der Waals surface area contributed by atoms with Gasteiger partial charge in [0.1, 0.15) is 11.3 Å². The highest BCUT2D eigenvalue weighted by molar-refractivity contribution is 7.99. The maximum absolute atomic E-state index is 12.1. The summed E-state index contributed by atoms with van der Waals surface area (Å²) >= 11 is 1.81. The number of hydrogen-bond acceptors (Lipinski definition) is 4. The number of aromatic hydroxyl groups is 1. The number of nitrogens with one attached hydrogen (secondary N) is 1. The molecule has 1 aromatic carbocycles. The van der Waals surface area contributed by atoms with E-state index in [-0.39, 0.29) is 23.4 Å². The molecule has 1 heterocycles. The molecule has 1 atom stereocenters. The van der Waals surface area contributed by atoms with Gasteiger partial charge in [-0.25, -0.2) is 9.59 Å². The van der Waals surface area contributed by atoms with Gasteiger partial charge in [-0.3, -0.25) is 0 Å². The Morgan fingerprint density at radius 1 is 1.45 bits per heavy atom. The molecule has 0 aromatic heterocycles. The van der Waals surface area contributed by atoms with E-state index >= 15 is 0 Å². The number of carbonyl (C=O) groups excluding carboxylic acids is 1. The van der Waals surface area contributed by atoms with Crippen LogP contribution in [0.5, 0.6) is 5.75 Å². The SMILES string of the molecule is CN(C(=O)Nc1ccc(O)c(C(=O)O)c1)C1CCSC1. The van der Waals surface area contributed by atoms with E-state index in [2.05, 4.69) is 5.32 Å². The third kappa shape index (κ3) is 3.16. The molecular weight excluding hydrogens is 280 g/mol. The van der Waals surface area contributed by atoms with Crippen molar-refractivity contribution in [3.63, 3.8) is 0 Å². The van der Waals surface area contributed by atoms with E-state index in [0.29, 0.717) is 5.69 Å². The van der Waals surface area contributed by atoms with Crippen molar-refractivity contribution in [2.24, 2.45) is 0 Å². The first-order valence-corrected chi connectivity index (χ1v) is 7.32. The normalized spacial score (nSPS) is 17.8. The van der Waals surface area contributed by atoms with Crippen LogP contribution in [0, 0.1) is 0 Å². The van der Waals surface area contributed by atoms with Gasteiger partial charge in [0, 0.05) is 24.5 Å². The van der Waals surface area contributed by atoms with E-state index in [1.54, 1.807) is 11.9 Å². The summed E-state index contributed by atoms with van der Waals surface area (Å²) < 4.78 is 0.